The molecule has 0 aliphatic carbocycles. The normalized spacial score (nSPS) is 20.6. The van der Waals surface area contributed by atoms with Crippen LogP contribution in [0.15, 0.2) is 36.8 Å². The van der Waals surface area contributed by atoms with Crippen molar-refractivity contribution in [1.82, 2.24) is 19.9 Å². The number of hydrogen-bond donors (Lipinski definition) is 1. The summed E-state index contributed by atoms with van der Waals surface area (Å²) in [7, 11) is 0. The Kier molecular flexibility index (Phi) is 7.24. The van der Waals surface area contributed by atoms with Gasteiger partial charge in [0.15, 0.2) is 0 Å². The minimum Gasteiger partial charge on any atom is -0.490 e. The van der Waals surface area contributed by atoms with Crippen LogP contribution in [0.4, 0.5) is 17.3 Å². The molecule has 3 aromatic rings. The first-order valence-electron chi connectivity index (χ1n) is 13.5. The van der Waals surface area contributed by atoms with Crippen molar-refractivity contribution in [1.29, 1.82) is 0 Å². The highest BCUT2D eigenvalue weighted by molar-refractivity contribution is 5.92. The second-order valence-electron chi connectivity index (χ2n) is 10.1. The van der Waals surface area contributed by atoms with Gasteiger partial charge in [-0.25, -0.2) is 15.0 Å². The average molecular weight is 519 g/mol. The number of hydrogen-bond acceptors (Lipinski definition) is 9. The van der Waals surface area contributed by atoms with E-state index in [2.05, 4.69) is 38.2 Å². The lowest BCUT2D eigenvalue weighted by Gasteiger charge is -2.33. The molecule has 1 unspecified atom stereocenters. The number of likely N-dealkylation sites (tertiary alicyclic amines) is 1. The first-order valence-corrected chi connectivity index (χ1v) is 13.5. The Morgan fingerprint density at radius 1 is 1.03 bits per heavy atom. The average Bonchev–Trinajstić information content (AvgIpc) is 3.50. The monoisotopic (exact) mass is 518 g/mol. The summed E-state index contributed by atoms with van der Waals surface area (Å²) in [5.74, 6) is 2.65. The van der Waals surface area contributed by atoms with Gasteiger partial charge in [-0.1, -0.05) is 0 Å². The summed E-state index contributed by atoms with van der Waals surface area (Å²) >= 11 is 0. The highest BCUT2D eigenvalue weighted by atomic mass is 16.5. The van der Waals surface area contributed by atoms with Gasteiger partial charge >= 0.3 is 0 Å². The van der Waals surface area contributed by atoms with E-state index in [1.54, 1.807) is 12.5 Å². The number of ether oxygens (including phenoxy) is 3. The number of fused-ring (bicyclic) bond motifs is 1. The van der Waals surface area contributed by atoms with Crippen molar-refractivity contribution in [2.45, 2.75) is 44.8 Å². The van der Waals surface area contributed by atoms with Gasteiger partial charge in [-0.3, -0.25) is 4.79 Å². The Morgan fingerprint density at radius 3 is 2.63 bits per heavy atom. The van der Waals surface area contributed by atoms with Gasteiger partial charge in [0.2, 0.25) is 0 Å². The summed E-state index contributed by atoms with van der Waals surface area (Å²) in [4.78, 5) is 30.3. The number of aromatic nitrogens is 3. The third-order valence-corrected chi connectivity index (χ3v) is 7.53. The maximum Gasteiger partial charge on any atom is 0.251 e. The SMILES string of the molecule is Cc1cc(Nc2ncnc3cnc(N4CCOCC4)cc23)ccc1OC1CCN(C(=O)C2CCCO2)CC1. The van der Waals surface area contributed by atoms with Gasteiger partial charge in [0, 0.05) is 56.7 Å². The standard InChI is InChI=1S/C28H34N6O4/c1-19-15-20(4-5-24(19)38-21-6-8-34(9-7-21)28(35)25-3-2-12-37-25)32-27-22-16-26(33-10-13-36-14-11-33)29-17-23(22)30-18-31-27/h4-5,15-18,21,25H,2-3,6-14H2,1H3,(H,30,31,32). The lowest BCUT2D eigenvalue weighted by Crippen LogP contribution is -2.45. The van der Waals surface area contributed by atoms with E-state index in [4.69, 9.17) is 14.2 Å². The number of anilines is 3. The number of amides is 1. The molecule has 3 saturated heterocycles. The lowest BCUT2D eigenvalue weighted by molar-refractivity contribution is -0.142. The molecule has 1 amide bonds. The fourth-order valence-electron chi connectivity index (χ4n) is 5.36. The molecule has 6 rings (SSSR count). The van der Waals surface area contributed by atoms with Gasteiger partial charge in [0.25, 0.3) is 5.91 Å². The topological polar surface area (TPSA) is 102 Å². The van der Waals surface area contributed by atoms with Gasteiger partial charge < -0.3 is 29.3 Å². The van der Waals surface area contributed by atoms with Gasteiger partial charge in [-0.2, -0.15) is 0 Å². The first-order chi connectivity index (χ1) is 18.6. The van der Waals surface area contributed by atoms with E-state index in [1.807, 2.05) is 23.1 Å². The molecule has 3 aliphatic rings. The van der Waals surface area contributed by atoms with Crippen LogP contribution in [0.5, 0.6) is 5.75 Å². The van der Waals surface area contributed by atoms with E-state index in [-0.39, 0.29) is 18.1 Å². The third-order valence-electron chi connectivity index (χ3n) is 7.53. The summed E-state index contributed by atoms with van der Waals surface area (Å²) in [6.45, 7) is 7.22. The quantitative estimate of drug-likeness (QED) is 0.526. The maximum absolute atomic E-state index is 12.6. The van der Waals surface area contributed by atoms with Crippen molar-refractivity contribution in [3.8, 4) is 5.75 Å². The second kappa shape index (κ2) is 11.1. The smallest absolute Gasteiger partial charge is 0.251 e. The fourth-order valence-corrected chi connectivity index (χ4v) is 5.36. The molecule has 10 nitrogen and oxygen atoms in total. The fraction of sp³-hybridized carbons (Fsp3) is 0.500. The summed E-state index contributed by atoms with van der Waals surface area (Å²) in [5, 5.41) is 4.38. The zero-order valence-electron chi connectivity index (χ0n) is 21.8. The molecular formula is C28H34N6O4. The molecular weight excluding hydrogens is 484 g/mol. The molecule has 0 bridgehead atoms. The van der Waals surface area contributed by atoms with Gasteiger partial charge in [0.05, 0.1) is 24.9 Å². The molecule has 10 heteroatoms. The maximum atomic E-state index is 12.6. The second-order valence-corrected chi connectivity index (χ2v) is 10.1. The number of nitrogens with zero attached hydrogens (tertiary/aromatic N) is 5. The predicted molar refractivity (Wildman–Crippen MR) is 144 cm³/mol. The molecule has 0 spiro atoms. The first kappa shape index (κ1) is 24.8. The molecule has 3 aliphatic heterocycles. The molecule has 5 heterocycles. The van der Waals surface area contributed by atoms with Gasteiger partial charge in [-0.05, 0) is 49.6 Å². The van der Waals surface area contributed by atoms with Crippen molar-refractivity contribution in [2.75, 3.05) is 56.2 Å². The Morgan fingerprint density at radius 2 is 1.87 bits per heavy atom. The van der Waals surface area contributed by atoms with Crippen LogP contribution in [0.1, 0.15) is 31.2 Å². The number of morpholine rings is 1. The Bertz CT molecular complexity index is 1280. The molecule has 38 heavy (non-hydrogen) atoms. The minimum atomic E-state index is -0.246. The largest absolute Gasteiger partial charge is 0.490 e. The molecule has 0 radical (unpaired) electrons. The third kappa shape index (κ3) is 5.37. The van der Waals surface area contributed by atoms with Crippen LogP contribution in [-0.2, 0) is 14.3 Å². The van der Waals surface area contributed by atoms with E-state index < -0.39 is 0 Å². The van der Waals surface area contributed by atoms with E-state index in [1.165, 1.54) is 0 Å². The molecule has 3 fully saturated rings. The van der Waals surface area contributed by atoms with E-state index in [0.717, 1.165) is 78.3 Å². The Balaban J connectivity index is 1.10. The van der Waals surface area contributed by atoms with Crippen LogP contribution >= 0.6 is 0 Å². The Labute approximate surface area is 222 Å². The number of carbonyl (C=O) groups excluding carboxylic acids is 1. The summed E-state index contributed by atoms with van der Waals surface area (Å²) in [5.41, 5.74) is 2.76. The van der Waals surface area contributed by atoms with Crippen LogP contribution in [0.3, 0.4) is 0 Å². The number of rotatable bonds is 6. The van der Waals surface area contributed by atoms with Crippen molar-refractivity contribution < 1.29 is 19.0 Å². The van der Waals surface area contributed by atoms with Crippen molar-refractivity contribution in [3.05, 3.63) is 42.4 Å². The van der Waals surface area contributed by atoms with E-state index in [9.17, 15) is 4.79 Å². The lowest BCUT2D eigenvalue weighted by atomic mass is 10.1. The van der Waals surface area contributed by atoms with Crippen LogP contribution in [0, 0.1) is 6.92 Å². The molecule has 1 aromatic carbocycles. The zero-order valence-corrected chi connectivity index (χ0v) is 21.8. The number of aryl methyl sites for hydroxylation is 1. The summed E-state index contributed by atoms with van der Waals surface area (Å²) < 4.78 is 17.4. The molecule has 0 saturated carbocycles. The van der Waals surface area contributed by atoms with E-state index in [0.29, 0.717) is 32.9 Å². The van der Waals surface area contributed by atoms with E-state index >= 15 is 0 Å². The summed E-state index contributed by atoms with van der Waals surface area (Å²) in [6.07, 6.45) is 6.66. The Hall–Kier alpha value is -3.50. The number of benzene rings is 1. The van der Waals surface area contributed by atoms with Crippen molar-refractivity contribution >= 4 is 34.1 Å². The zero-order chi connectivity index (χ0) is 25.9. The number of carbonyl (C=O) groups is 1. The van der Waals surface area contributed by atoms with Crippen LogP contribution in [-0.4, -0.2) is 84.0 Å². The highest BCUT2D eigenvalue weighted by Gasteiger charge is 2.31. The van der Waals surface area contributed by atoms with Crippen LogP contribution in [0.2, 0.25) is 0 Å². The summed E-state index contributed by atoms with van der Waals surface area (Å²) in [6, 6.07) is 8.13. The predicted octanol–water partition coefficient (Wildman–Crippen LogP) is 3.46. The van der Waals surface area contributed by atoms with Crippen LogP contribution in [0.25, 0.3) is 10.9 Å². The minimum absolute atomic E-state index is 0.0953. The molecule has 200 valence electrons. The van der Waals surface area contributed by atoms with Crippen molar-refractivity contribution in [2.24, 2.45) is 0 Å². The van der Waals surface area contributed by atoms with Crippen LogP contribution < -0.4 is 15.0 Å². The number of pyridine rings is 1. The number of nitrogens with one attached hydrogen (secondary N) is 1. The van der Waals surface area contributed by atoms with Gasteiger partial charge in [-0.15, -0.1) is 0 Å². The molecule has 1 atom stereocenters. The van der Waals surface area contributed by atoms with Gasteiger partial charge in [0.1, 0.15) is 35.9 Å². The van der Waals surface area contributed by atoms with Crippen molar-refractivity contribution in [3.63, 3.8) is 0 Å². The molecule has 1 N–H and O–H groups in total. The number of piperidine rings is 1. The molecule has 2 aromatic heterocycles. The highest BCUT2D eigenvalue weighted by Crippen LogP contribution is 2.30.